The number of hydrogen-bond acceptors (Lipinski definition) is 4. The van der Waals surface area contributed by atoms with E-state index in [4.69, 9.17) is 0 Å². The minimum absolute atomic E-state index is 0.388. The van der Waals surface area contributed by atoms with E-state index >= 15 is 0 Å². The van der Waals surface area contributed by atoms with Gasteiger partial charge in [-0.25, -0.2) is 14.4 Å². The Kier molecular flexibility index (Phi) is 3.16. The molecule has 3 heterocycles. The highest BCUT2D eigenvalue weighted by Gasteiger charge is 2.36. The summed E-state index contributed by atoms with van der Waals surface area (Å²) in [5.41, 5.74) is 0. The summed E-state index contributed by atoms with van der Waals surface area (Å²) < 4.78 is 12.7. The fourth-order valence-corrected chi connectivity index (χ4v) is 3.30. The van der Waals surface area contributed by atoms with E-state index in [-0.39, 0.29) is 5.82 Å². The first-order valence-electron chi connectivity index (χ1n) is 6.68. The summed E-state index contributed by atoms with van der Waals surface area (Å²) in [6.07, 6.45) is 8.61. The highest BCUT2D eigenvalue weighted by Crippen LogP contribution is 2.33. The number of aromatic nitrogens is 2. The van der Waals surface area contributed by atoms with Gasteiger partial charge in [0, 0.05) is 18.1 Å². The number of rotatable bonds is 2. The van der Waals surface area contributed by atoms with Gasteiger partial charge in [-0.05, 0) is 32.7 Å². The van der Waals surface area contributed by atoms with Crippen LogP contribution in [0.25, 0.3) is 0 Å². The molecule has 0 saturated carbocycles. The van der Waals surface area contributed by atoms with Crippen molar-refractivity contribution in [1.82, 2.24) is 14.9 Å². The maximum Gasteiger partial charge on any atom is 0.222 e. The van der Waals surface area contributed by atoms with E-state index in [0.29, 0.717) is 24.1 Å². The standard InChI is InChI=1S/C13H19FN4/c1-18-11-3-2-4-12(18)6-10(5-11)17-13-15-7-9(14)8-16-13/h7-8,10-12H,2-6H2,1H3,(H,15,16,17). The van der Waals surface area contributed by atoms with Crippen molar-refractivity contribution in [2.24, 2.45) is 0 Å². The van der Waals surface area contributed by atoms with Gasteiger partial charge in [0.15, 0.2) is 5.82 Å². The Hall–Kier alpha value is -1.23. The van der Waals surface area contributed by atoms with Gasteiger partial charge in [0.05, 0.1) is 12.4 Å². The Morgan fingerprint density at radius 3 is 2.44 bits per heavy atom. The molecule has 2 aliphatic rings. The van der Waals surface area contributed by atoms with Crippen LogP contribution in [0.1, 0.15) is 32.1 Å². The van der Waals surface area contributed by atoms with Gasteiger partial charge in [0.25, 0.3) is 0 Å². The maximum atomic E-state index is 12.7. The van der Waals surface area contributed by atoms with Crippen molar-refractivity contribution >= 4 is 5.95 Å². The zero-order valence-corrected chi connectivity index (χ0v) is 10.6. The van der Waals surface area contributed by atoms with Gasteiger partial charge in [-0.3, -0.25) is 0 Å². The third kappa shape index (κ3) is 2.32. The van der Waals surface area contributed by atoms with Crippen LogP contribution in [0.5, 0.6) is 0 Å². The van der Waals surface area contributed by atoms with Gasteiger partial charge in [0.1, 0.15) is 0 Å². The zero-order valence-electron chi connectivity index (χ0n) is 10.6. The van der Waals surface area contributed by atoms with Crippen LogP contribution in [0, 0.1) is 5.82 Å². The van der Waals surface area contributed by atoms with Crippen molar-refractivity contribution in [2.75, 3.05) is 12.4 Å². The number of nitrogens with one attached hydrogen (secondary N) is 1. The van der Waals surface area contributed by atoms with Crippen LogP contribution < -0.4 is 5.32 Å². The van der Waals surface area contributed by atoms with Gasteiger partial charge in [-0.1, -0.05) is 6.42 Å². The molecule has 0 aliphatic carbocycles. The van der Waals surface area contributed by atoms with E-state index in [1.807, 2.05) is 0 Å². The van der Waals surface area contributed by atoms with E-state index in [1.54, 1.807) is 0 Å². The Bertz CT molecular complexity index is 394. The van der Waals surface area contributed by atoms with Gasteiger partial charge in [-0.15, -0.1) is 0 Å². The number of fused-ring (bicyclic) bond motifs is 2. The van der Waals surface area contributed by atoms with Gasteiger partial charge in [-0.2, -0.15) is 0 Å². The molecule has 2 unspecified atom stereocenters. The number of halogens is 1. The number of piperidine rings is 2. The minimum atomic E-state index is -0.388. The summed E-state index contributed by atoms with van der Waals surface area (Å²) in [6.45, 7) is 0. The predicted octanol–water partition coefficient (Wildman–Crippen LogP) is 2.04. The fraction of sp³-hybridized carbons (Fsp3) is 0.692. The SMILES string of the molecule is CN1C2CCCC1CC(Nc1ncc(F)cn1)C2. The fourth-order valence-electron chi connectivity index (χ4n) is 3.30. The van der Waals surface area contributed by atoms with Crippen molar-refractivity contribution in [2.45, 2.75) is 50.2 Å². The molecule has 1 N–H and O–H groups in total. The van der Waals surface area contributed by atoms with Crippen LogP contribution in [-0.4, -0.2) is 40.0 Å². The summed E-state index contributed by atoms with van der Waals surface area (Å²) in [4.78, 5) is 10.5. The molecule has 0 spiro atoms. The highest BCUT2D eigenvalue weighted by atomic mass is 19.1. The topological polar surface area (TPSA) is 41.0 Å². The molecule has 0 amide bonds. The molecule has 98 valence electrons. The first-order valence-corrected chi connectivity index (χ1v) is 6.68. The molecule has 1 aromatic heterocycles. The highest BCUT2D eigenvalue weighted by molar-refractivity contribution is 5.25. The number of anilines is 1. The number of hydrogen-bond donors (Lipinski definition) is 1. The lowest BCUT2D eigenvalue weighted by atomic mass is 9.82. The molecule has 3 rings (SSSR count). The minimum Gasteiger partial charge on any atom is -0.351 e. The molecule has 0 radical (unpaired) electrons. The average Bonchev–Trinajstić information content (AvgIpc) is 2.33. The monoisotopic (exact) mass is 250 g/mol. The van der Waals surface area contributed by atoms with Crippen LogP contribution in [0.2, 0.25) is 0 Å². The van der Waals surface area contributed by atoms with E-state index in [1.165, 1.54) is 31.7 Å². The lowest BCUT2D eigenvalue weighted by Gasteiger charge is -2.47. The summed E-state index contributed by atoms with van der Waals surface area (Å²) in [5, 5.41) is 3.34. The number of nitrogens with zero attached hydrogens (tertiary/aromatic N) is 3. The second-order valence-electron chi connectivity index (χ2n) is 5.44. The molecule has 2 atom stereocenters. The molecule has 4 nitrogen and oxygen atoms in total. The third-order valence-corrected chi connectivity index (χ3v) is 4.29. The maximum absolute atomic E-state index is 12.7. The average molecular weight is 250 g/mol. The molecule has 2 aliphatic heterocycles. The van der Waals surface area contributed by atoms with Crippen LogP contribution in [0.3, 0.4) is 0 Å². The van der Waals surface area contributed by atoms with Crippen molar-refractivity contribution in [3.05, 3.63) is 18.2 Å². The Morgan fingerprint density at radius 2 is 1.83 bits per heavy atom. The smallest absolute Gasteiger partial charge is 0.222 e. The van der Waals surface area contributed by atoms with Crippen molar-refractivity contribution in [3.8, 4) is 0 Å². The van der Waals surface area contributed by atoms with Crippen molar-refractivity contribution < 1.29 is 4.39 Å². The van der Waals surface area contributed by atoms with Crippen molar-refractivity contribution in [3.63, 3.8) is 0 Å². The van der Waals surface area contributed by atoms with E-state index in [0.717, 1.165) is 12.8 Å². The molecule has 2 bridgehead atoms. The Morgan fingerprint density at radius 1 is 1.22 bits per heavy atom. The Balaban J connectivity index is 1.66. The van der Waals surface area contributed by atoms with E-state index in [2.05, 4.69) is 27.2 Å². The first-order chi connectivity index (χ1) is 8.72. The molecule has 2 fully saturated rings. The predicted molar refractivity (Wildman–Crippen MR) is 67.8 cm³/mol. The van der Waals surface area contributed by atoms with Crippen LogP contribution in [0.4, 0.5) is 10.3 Å². The largest absolute Gasteiger partial charge is 0.351 e. The molecule has 1 aromatic rings. The van der Waals surface area contributed by atoms with Crippen LogP contribution >= 0.6 is 0 Å². The summed E-state index contributed by atoms with van der Waals surface area (Å²) in [6, 6.07) is 1.77. The lowest BCUT2D eigenvalue weighted by molar-refractivity contribution is 0.0607. The molecule has 5 heteroatoms. The second-order valence-corrected chi connectivity index (χ2v) is 5.44. The normalized spacial score (nSPS) is 32.2. The summed E-state index contributed by atoms with van der Waals surface area (Å²) >= 11 is 0. The van der Waals surface area contributed by atoms with Crippen LogP contribution in [0.15, 0.2) is 12.4 Å². The third-order valence-electron chi connectivity index (χ3n) is 4.29. The van der Waals surface area contributed by atoms with Gasteiger partial charge < -0.3 is 10.2 Å². The van der Waals surface area contributed by atoms with Gasteiger partial charge in [0.2, 0.25) is 5.95 Å². The van der Waals surface area contributed by atoms with E-state index in [9.17, 15) is 4.39 Å². The van der Waals surface area contributed by atoms with Crippen molar-refractivity contribution in [1.29, 1.82) is 0 Å². The van der Waals surface area contributed by atoms with E-state index < -0.39 is 0 Å². The molecule has 2 saturated heterocycles. The zero-order chi connectivity index (χ0) is 12.5. The summed E-state index contributed by atoms with van der Waals surface area (Å²) in [5.74, 6) is 0.157. The molecular formula is C13H19FN4. The molecule has 18 heavy (non-hydrogen) atoms. The summed E-state index contributed by atoms with van der Waals surface area (Å²) in [7, 11) is 2.24. The molecular weight excluding hydrogens is 231 g/mol. The van der Waals surface area contributed by atoms with Crippen LogP contribution in [-0.2, 0) is 0 Å². The lowest BCUT2D eigenvalue weighted by Crippen LogP contribution is -2.52. The molecule has 0 aromatic carbocycles. The van der Waals surface area contributed by atoms with Gasteiger partial charge >= 0.3 is 0 Å². The second kappa shape index (κ2) is 4.80. The first kappa shape index (κ1) is 11.8. The Labute approximate surface area is 107 Å². The quantitative estimate of drug-likeness (QED) is 0.872.